The van der Waals surface area contributed by atoms with Crippen LogP contribution in [0, 0.1) is 5.92 Å². The predicted molar refractivity (Wildman–Crippen MR) is 73.0 cm³/mol. The van der Waals surface area contributed by atoms with Crippen molar-refractivity contribution >= 4 is 9.84 Å². The summed E-state index contributed by atoms with van der Waals surface area (Å²) >= 11 is 0. The molecule has 17 heavy (non-hydrogen) atoms. The van der Waals surface area contributed by atoms with E-state index in [2.05, 4.69) is 26.1 Å². The number of hydrogen-bond donors (Lipinski definition) is 1. The van der Waals surface area contributed by atoms with Crippen LogP contribution in [0.5, 0.6) is 0 Å². The maximum atomic E-state index is 11.6. The van der Waals surface area contributed by atoms with Gasteiger partial charge in [0.15, 0.2) is 9.84 Å². The molecule has 0 radical (unpaired) electrons. The van der Waals surface area contributed by atoms with Crippen molar-refractivity contribution in [1.29, 1.82) is 0 Å². The number of rotatable bonds is 6. The molecule has 102 valence electrons. The molecule has 1 saturated heterocycles. The number of sulfone groups is 1. The first-order valence-corrected chi connectivity index (χ1v) is 8.75. The number of nitrogens with one attached hydrogen (secondary N) is 1. The Morgan fingerprint density at radius 1 is 1.29 bits per heavy atom. The Bertz CT molecular complexity index is 313. The first-order chi connectivity index (χ1) is 7.96. The average Bonchev–Trinajstić information content (AvgIpc) is 2.26. The maximum Gasteiger partial charge on any atom is 0.151 e. The van der Waals surface area contributed by atoms with Crippen LogP contribution in [0.25, 0.3) is 0 Å². The van der Waals surface area contributed by atoms with Gasteiger partial charge in [0.2, 0.25) is 0 Å². The molecule has 0 aromatic heterocycles. The highest BCUT2D eigenvalue weighted by atomic mass is 32.2. The van der Waals surface area contributed by atoms with E-state index in [4.69, 9.17) is 0 Å². The van der Waals surface area contributed by atoms with E-state index in [9.17, 15) is 8.42 Å². The summed E-state index contributed by atoms with van der Waals surface area (Å²) in [6.07, 6.45) is 5.27. The van der Waals surface area contributed by atoms with E-state index < -0.39 is 9.84 Å². The third kappa shape index (κ3) is 5.38. The van der Waals surface area contributed by atoms with Crippen molar-refractivity contribution in [2.75, 3.05) is 11.5 Å². The van der Waals surface area contributed by atoms with Gasteiger partial charge in [-0.05, 0) is 31.6 Å². The van der Waals surface area contributed by atoms with Crippen LogP contribution in [0.1, 0.15) is 52.9 Å². The minimum atomic E-state index is -2.78. The molecule has 1 N–H and O–H groups in total. The Kier molecular flexibility index (Phi) is 5.93. The molecule has 3 atom stereocenters. The Balaban J connectivity index is 2.45. The smallest absolute Gasteiger partial charge is 0.151 e. The first kappa shape index (κ1) is 15.0. The Morgan fingerprint density at radius 2 is 2.00 bits per heavy atom. The van der Waals surface area contributed by atoms with Crippen molar-refractivity contribution in [2.45, 2.75) is 65.0 Å². The van der Waals surface area contributed by atoms with Gasteiger partial charge in [0.25, 0.3) is 0 Å². The van der Waals surface area contributed by atoms with Crippen molar-refractivity contribution in [3.05, 3.63) is 0 Å². The van der Waals surface area contributed by atoms with Crippen molar-refractivity contribution in [3.63, 3.8) is 0 Å². The quantitative estimate of drug-likeness (QED) is 0.798. The van der Waals surface area contributed by atoms with Gasteiger partial charge in [-0.15, -0.1) is 0 Å². The van der Waals surface area contributed by atoms with Crippen molar-refractivity contribution < 1.29 is 8.42 Å². The van der Waals surface area contributed by atoms with Crippen LogP contribution in [-0.4, -0.2) is 32.0 Å². The van der Waals surface area contributed by atoms with Gasteiger partial charge in [0.05, 0.1) is 11.5 Å². The molecule has 1 heterocycles. The van der Waals surface area contributed by atoms with Gasteiger partial charge in [-0.25, -0.2) is 8.42 Å². The van der Waals surface area contributed by atoms with Crippen LogP contribution in [0.2, 0.25) is 0 Å². The summed E-state index contributed by atoms with van der Waals surface area (Å²) in [6, 6.07) is 0.658. The zero-order chi connectivity index (χ0) is 12.9. The standard InChI is InChI=1S/C13H27NO2S/c1-4-11(3)9-12(5-2)14-13-7-6-8-17(15,16)10-13/h11-14H,4-10H2,1-3H3. The maximum absolute atomic E-state index is 11.6. The average molecular weight is 261 g/mol. The highest BCUT2D eigenvalue weighted by Crippen LogP contribution is 2.17. The number of hydrogen-bond acceptors (Lipinski definition) is 3. The van der Waals surface area contributed by atoms with Gasteiger partial charge in [-0.1, -0.05) is 27.2 Å². The van der Waals surface area contributed by atoms with Gasteiger partial charge in [0, 0.05) is 12.1 Å². The second kappa shape index (κ2) is 6.74. The summed E-state index contributed by atoms with van der Waals surface area (Å²) in [7, 11) is -2.78. The molecule has 3 nitrogen and oxygen atoms in total. The molecule has 1 rings (SSSR count). The van der Waals surface area contributed by atoms with Gasteiger partial charge >= 0.3 is 0 Å². The van der Waals surface area contributed by atoms with Crippen LogP contribution in [-0.2, 0) is 9.84 Å². The zero-order valence-corrected chi connectivity index (χ0v) is 12.2. The lowest BCUT2D eigenvalue weighted by Crippen LogP contribution is -2.45. The van der Waals surface area contributed by atoms with Crippen LogP contribution >= 0.6 is 0 Å². The van der Waals surface area contributed by atoms with E-state index in [1.165, 1.54) is 6.42 Å². The summed E-state index contributed by atoms with van der Waals surface area (Å²) in [5, 5.41) is 3.55. The Labute approximate surface area is 106 Å². The summed E-state index contributed by atoms with van der Waals surface area (Å²) in [4.78, 5) is 0. The second-order valence-corrected chi connectivity index (χ2v) is 7.70. The lowest BCUT2D eigenvalue weighted by Gasteiger charge is -2.29. The largest absolute Gasteiger partial charge is 0.310 e. The monoisotopic (exact) mass is 261 g/mol. The van der Waals surface area contributed by atoms with E-state index >= 15 is 0 Å². The third-order valence-electron chi connectivity index (χ3n) is 3.81. The fraction of sp³-hybridized carbons (Fsp3) is 1.00. The highest BCUT2D eigenvalue weighted by Gasteiger charge is 2.26. The summed E-state index contributed by atoms with van der Waals surface area (Å²) in [6.45, 7) is 6.65. The molecule has 4 heteroatoms. The normalized spacial score (nSPS) is 27.6. The molecule has 1 aliphatic rings. The van der Waals surface area contributed by atoms with Gasteiger partial charge in [0.1, 0.15) is 0 Å². The van der Waals surface area contributed by atoms with Gasteiger partial charge < -0.3 is 5.32 Å². The molecule has 0 saturated carbocycles. The molecular formula is C13H27NO2S. The van der Waals surface area contributed by atoms with E-state index in [0.29, 0.717) is 23.5 Å². The summed E-state index contributed by atoms with van der Waals surface area (Å²) < 4.78 is 23.1. The van der Waals surface area contributed by atoms with E-state index in [-0.39, 0.29) is 6.04 Å². The van der Waals surface area contributed by atoms with Crippen LogP contribution in [0.3, 0.4) is 0 Å². The fourth-order valence-corrected chi connectivity index (χ4v) is 4.14. The zero-order valence-electron chi connectivity index (χ0n) is 11.4. The predicted octanol–water partition coefficient (Wildman–Crippen LogP) is 2.37. The first-order valence-electron chi connectivity index (χ1n) is 6.93. The van der Waals surface area contributed by atoms with E-state index in [0.717, 1.165) is 25.7 Å². The van der Waals surface area contributed by atoms with Gasteiger partial charge in [-0.3, -0.25) is 0 Å². The Morgan fingerprint density at radius 3 is 2.53 bits per heavy atom. The van der Waals surface area contributed by atoms with E-state index in [1.54, 1.807) is 0 Å². The van der Waals surface area contributed by atoms with Crippen LogP contribution in [0.4, 0.5) is 0 Å². The molecule has 0 bridgehead atoms. The molecule has 1 aliphatic heterocycles. The molecule has 0 amide bonds. The molecule has 1 fully saturated rings. The summed E-state index contributed by atoms with van der Waals surface area (Å²) in [5.74, 6) is 1.43. The minimum absolute atomic E-state index is 0.183. The molecule has 0 aromatic carbocycles. The third-order valence-corrected chi connectivity index (χ3v) is 5.63. The molecule has 0 spiro atoms. The second-order valence-electron chi connectivity index (χ2n) is 5.47. The molecule has 3 unspecified atom stereocenters. The summed E-state index contributed by atoms with van der Waals surface area (Å²) in [5.41, 5.74) is 0. The topological polar surface area (TPSA) is 46.2 Å². The van der Waals surface area contributed by atoms with Gasteiger partial charge in [-0.2, -0.15) is 0 Å². The molecule has 0 aromatic rings. The van der Waals surface area contributed by atoms with Crippen molar-refractivity contribution in [1.82, 2.24) is 5.32 Å². The van der Waals surface area contributed by atoms with Crippen molar-refractivity contribution in [2.24, 2.45) is 5.92 Å². The molecular weight excluding hydrogens is 234 g/mol. The van der Waals surface area contributed by atoms with E-state index in [1.807, 2.05) is 0 Å². The molecule has 0 aliphatic carbocycles. The van der Waals surface area contributed by atoms with Crippen LogP contribution in [0.15, 0.2) is 0 Å². The lowest BCUT2D eigenvalue weighted by atomic mass is 9.97. The van der Waals surface area contributed by atoms with Crippen LogP contribution < -0.4 is 5.32 Å². The Hall–Kier alpha value is -0.0900. The lowest BCUT2D eigenvalue weighted by molar-refractivity contribution is 0.344. The SMILES string of the molecule is CCC(C)CC(CC)NC1CCCS(=O)(=O)C1. The van der Waals surface area contributed by atoms with Crippen molar-refractivity contribution in [3.8, 4) is 0 Å². The fourth-order valence-electron chi connectivity index (χ4n) is 2.49. The minimum Gasteiger partial charge on any atom is -0.310 e. The highest BCUT2D eigenvalue weighted by molar-refractivity contribution is 7.91.